The van der Waals surface area contributed by atoms with Crippen LogP contribution in [0.25, 0.3) is 0 Å². The topological polar surface area (TPSA) is 21.3 Å². The average Bonchev–Trinajstić information content (AvgIpc) is 2.33. The van der Waals surface area contributed by atoms with Crippen molar-refractivity contribution in [1.29, 1.82) is 0 Å². The maximum Gasteiger partial charge on any atom is 0.0591 e. The highest BCUT2D eigenvalue weighted by atomic mass is 16.5. The highest BCUT2D eigenvalue weighted by Gasteiger charge is 2.24. The van der Waals surface area contributed by atoms with Crippen LogP contribution in [0, 0.1) is 0 Å². The lowest BCUT2D eigenvalue weighted by Gasteiger charge is -2.30. The van der Waals surface area contributed by atoms with Gasteiger partial charge in [0.25, 0.3) is 0 Å². The molecule has 1 aromatic carbocycles. The van der Waals surface area contributed by atoms with Gasteiger partial charge >= 0.3 is 0 Å². The summed E-state index contributed by atoms with van der Waals surface area (Å²) >= 11 is 0. The number of fused-ring (bicyclic) bond motifs is 1. The SMILES string of the molecule is C=CCCOCCNCC1Cc2ccccc21. The molecule has 1 N–H and O–H groups in total. The minimum Gasteiger partial charge on any atom is -0.380 e. The maximum atomic E-state index is 5.44. The minimum absolute atomic E-state index is 0.708. The van der Waals surface area contributed by atoms with Gasteiger partial charge in [0.15, 0.2) is 0 Å². The van der Waals surface area contributed by atoms with Crippen LogP contribution in [-0.4, -0.2) is 26.3 Å². The van der Waals surface area contributed by atoms with E-state index in [-0.39, 0.29) is 0 Å². The second-order valence-electron chi connectivity index (χ2n) is 4.49. The molecule has 0 aliphatic heterocycles. The van der Waals surface area contributed by atoms with Crippen LogP contribution >= 0.6 is 0 Å². The summed E-state index contributed by atoms with van der Waals surface area (Å²) in [5, 5.41) is 3.45. The summed E-state index contributed by atoms with van der Waals surface area (Å²) in [6, 6.07) is 8.72. The Kier molecular flexibility index (Phi) is 4.77. The first-order chi connectivity index (χ1) is 8.42. The van der Waals surface area contributed by atoms with Crippen LogP contribution in [0.4, 0.5) is 0 Å². The van der Waals surface area contributed by atoms with Gasteiger partial charge in [-0.15, -0.1) is 6.58 Å². The van der Waals surface area contributed by atoms with E-state index in [2.05, 4.69) is 36.2 Å². The molecule has 0 radical (unpaired) electrons. The summed E-state index contributed by atoms with van der Waals surface area (Å²) in [5.74, 6) is 0.708. The summed E-state index contributed by atoms with van der Waals surface area (Å²) < 4.78 is 5.44. The molecule has 2 nitrogen and oxygen atoms in total. The van der Waals surface area contributed by atoms with Crippen molar-refractivity contribution in [1.82, 2.24) is 5.32 Å². The van der Waals surface area contributed by atoms with Crippen molar-refractivity contribution in [2.45, 2.75) is 18.8 Å². The van der Waals surface area contributed by atoms with Gasteiger partial charge in [0.1, 0.15) is 0 Å². The van der Waals surface area contributed by atoms with Crippen molar-refractivity contribution >= 4 is 0 Å². The van der Waals surface area contributed by atoms with Crippen LogP contribution in [-0.2, 0) is 11.2 Å². The van der Waals surface area contributed by atoms with Crippen molar-refractivity contribution in [3.8, 4) is 0 Å². The number of nitrogens with one attached hydrogen (secondary N) is 1. The van der Waals surface area contributed by atoms with Crippen LogP contribution in [0.2, 0.25) is 0 Å². The Morgan fingerprint density at radius 1 is 1.35 bits per heavy atom. The molecular formula is C15H21NO. The molecule has 1 aromatic rings. The monoisotopic (exact) mass is 231 g/mol. The van der Waals surface area contributed by atoms with Gasteiger partial charge in [-0.05, 0) is 24.0 Å². The molecule has 0 saturated carbocycles. The van der Waals surface area contributed by atoms with E-state index in [4.69, 9.17) is 4.74 Å². The van der Waals surface area contributed by atoms with Gasteiger partial charge in [0, 0.05) is 19.0 Å². The average molecular weight is 231 g/mol. The Hall–Kier alpha value is -1.12. The summed E-state index contributed by atoms with van der Waals surface area (Å²) in [7, 11) is 0. The first kappa shape index (κ1) is 12.3. The minimum atomic E-state index is 0.708. The lowest BCUT2D eigenvalue weighted by molar-refractivity contribution is 0.140. The highest BCUT2D eigenvalue weighted by molar-refractivity contribution is 5.40. The first-order valence-electron chi connectivity index (χ1n) is 6.39. The quantitative estimate of drug-likeness (QED) is 0.548. The number of benzene rings is 1. The first-order valence-corrected chi connectivity index (χ1v) is 6.39. The summed E-state index contributed by atoms with van der Waals surface area (Å²) in [5.41, 5.74) is 3.04. The fourth-order valence-corrected chi connectivity index (χ4v) is 2.23. The lowest BCUT2D eigenvalue weighted by Crippen LogP contribution is -2.31. The molecule has 17 heavy (non-hydrogen) atoms. The number of hydrogen-bond donors (Lipinski definition) is 1. The van der Waals surface area contributed by atoms with E-state index in [0.29, 0.717) is 5.92 Å². The predicted molar refractivity (Wildman–Crippen MR) is 71.4 cm³/mol. The molecule has 0 spiro atoms. The third-order valence-electron chi connectivity index (χ3n) is 3.24. The molecule has 1 atom stereocenters. The van der Waals surface area contributed by atoms with Crippen LogP contribution < -0.4 is 5.32 Å². The van der Waals surface area contributed by atoms with Gasteiger partial charge in [0.2, 0.25) is 0 Å². The van der Waals surface area contributed by atoms with Crippen molar-refractivity contribution in [2.24, 2.45) is 0 Å². The number of ether oxygens (including phenoxy) is 1. The van der Waals surface area contributed by atoms with Crippen molar-refractivity contribution in [3.05, 3.63) is 48.0 Å². The van der Waals surface area contributed by atoms with E-state index in [1.807, 2.05) is 6.08 Å². The standard InChI is InChI=1S/C15H21NO/c1-2-3-9-17-10-8-16-12-14-11-13-6-4-5-7-15(13)14/h2,4-7,14,16H,1,3,8-12H2. The Morgan fingerprint density at radius 3 is 3.06 bits per heavy atom. The molecule has 0 saturated heterocycles. The molecule has 0 bridgehead atoms. The molecule has 0 fully saturated rings. The van der Waals surface area contributed by atoms with E-state index in [1.54, 1.807) is 0 Å². The van der Waals surface area contributed by atoms with E-state index < -0.39 is 0 Å². The largest absolute Gasteiger partial charge is 0.380 e. The summed E-state index contributed by atoms with van der Waals surface area (Å²) in [6.07, 6.45) is 4.05. The van der Waals surface area contributed by atoms with E-state index in [0.717, 1.165) is 32.7 Å². The Morgan fingerprint density at radius 2 is 2.24 bits per heavy atom. The molecule has 1 unspecified atom stereocenters. The third kappa shape index (κ3) is 3.42. The fourth-order valence-electron chi connectivity index (χ4n) is 2.23. The van der Waals surface area contributed by atoms with Gasteiger partial charge < -0.3 is 10.1 Å². The lowest BCUT2D eigenvalue weighted by atomic mass is 9.78. The van der Waals surface area contributed by atoms with Crippen molar-refractivity contribution < 1.29 is 4.74 Å². The highest BCUT2D eigenvalue weighted by Crippen LogP contribution is 2.33. The van der Waals surface area contributed by atoms with Gasteiger partial charge in [-0.25, -0.2) is 0 Å². The van der Waals surface area contributed by atoms with Crippen molar-refractivity contribution in [2.75, 3.05) is 26.3 Å². The predicted octanol–water partition coefficient (Wildman–Crippen LogP) is 2.51. The molecule has 0 heterocycles. The maximum absolute atomic E-state index is 5.44. The van der Waals surface area contributed by atoms with Crippen LogP contribution in [0.15, 0.2) is 36.9 Å². The van der Waals surface area contributed by atoms with E-state index in [1.165, 1.54) is 17.5 Å². The summed E-state index contributed by atoms with van der Waals surface area (Å²) in [4.78, 5) is 0. The molecule has 1 aliphatic rings. The Bertz CT molecular complexity index is 362. The second kappa shape index (κ2) is 6.58. The van der Waals surface area contributed by atoms with Crippen molar-refractivity contribution in [3.63, 3.8) is 0 Å². The molecule has 92 valence electrons. The number of hydrogen-bond acceptors (Lipinski definition) is 2. The normalized spacial score (nSPS) is 17.3. The van der Waals surface area contributed by atoms with Gasteiger partial charge in [-0.2, -0.15) is 0 Å². The van der Waals surface area contributed by atoms with Crippen LogP contribution in [0.3, 0.4) is 0 Å². The smallest absolute Gasteiger partial charge is 0.0591 e. The molecule has 1 aliphatic carbocycles. The van der Waals surface area contributed by atoms with Crippen LogP contribution in [0.5, 0.6) is 0 Å². The van der Waals surface area contributed by atoms with E-state index in [9.17, 15) is 0 Å². The third-order valence-corrected chi connectivity index (χ3v) is 3.24. The fraction of sp³-hybridized carbons (Fsp3) is 0.467. The Balaban J connectivity index is 1.54. The second-order valence-corrected chi connectivity index (χ2v) is 4.49. The molecule has 2 rings (SSSR count). The Labute approximate surface area is 104 Å². The molecule has 0 amide bonds. The van der Waals surface area contributed by atoms with E-state index >= 15 is 0 Å². The van der Waals surface area contributed by atoms with Gasteiger partial charge in [0.05, 0.1) is 13.2 Å². The molecule has 0 aromatic heterocycles. The zero-order chi connectivity index (χ0) is 11.9. The number of rotatable bonds is 8. The zero-order valence-corrected chi connectivity index (χ0v) is 10.3. The van der Waals surface area contributed by atoms with Gasteiger partial charge in [-0.1, -0.05) is 30.3 Å². The summed E-state index contributed by atoms with van der Waals surface area (Å²) in [6.45, 7) is 7.26. The zero-order valence-electron chi connectivity index (χ0n) is 10.3. The molecule has 2 heteroatoms. The van der Waals surface area contributed by atoms with Crippen LogP contribution in [0.1, 0.15) is 23.5 Å². The molecular weight excluding hydrogens is 210 g/mol. The van der Waals surface area contributed by atoms with Gasteiger partial charge in [-0.3, -0.25) is 0 Å².